The van der Waals surface area contributed by atoms with Gasteiger partial charge in [0.05, 0.1) is 23.6 Å². The maximum atomic E-state index is 13.3. The van der Waals surface area contributed by atoms with Gasteiger partial charge in [-0.05, 0) is 54.1 Å². The number of sulfonamides is 1. The van der Waals surface area contributed by atoms with Gasteiger partial charge in [0.1, 0.15) is 5.75 Å². The van der Waals surface area contributed by atoms with E-state index in [9.17, 15) is 13.2 Å². The van der Waals surface area contributed by atoms with Gasteiger partial charge in [-0.15, -0.1) is 0 Å². The quantitative estimate of drug-likeness (QED) is 0.432. The summed E-state index contributed by atoms with van der Waals surface area (Å²) >= 11 is 18.2. The van der Waals surface area contributed by atoms with Crippen molar-refractivity contribution < 1.29 is 17.9 Å². The average Bonchev–Trinajstić information content (AvgIpc) is 2.75. The van der Waals surface area contributed by atoms with Crippen LogP contribution < -0.4 is 10.1 Å². The van der Waals surface area contributed by atoms with Crippen molar-refractivity contribution in [2.75, 3.05) is 19.0 Å². The van der Waals surface area contributed by atoms with E-state index in [0.717, 1.165) is 4.31 Å². The highest BCUT2D eigenvalue weighted by Crippen LogP contribution is 2.28. The van der Waals surface area contributed by atoms with Crippen molar-refractivity contribution in [3.05, 3.63) is 87.4 Å². The zero-order valence-electron chi connectivity index (χ0n) is 16.9. The van der Waals surface area contributed by atoms with Crippen LogP contribution in [0.15, 0.2) is 71.6 Å². The number of hydrogen-bond acceptors (Lipinski definition) is 4. The van der Waals surface area contributed by atoms with Crippen LogP contribution in [0.4, 0.5) is 5.69 Å². The second kappa shape index (κ2) is 10.6. The number of ether oxygens (including phenoxy) is 1. The van der Waals surface area contributed by atoms with Crippen LogP contribution in [0, 0.1) is 0 Å². The van der Waals surface area contributed by atoms with Crippen molar-refractivity contribution in [3.63, 3.8) is 0 Å². The third kappa shape index (κ3) is 5.94. The Hall–Kier alpha value is -2.29. The maximum absolute atomic E-state index is 13.3. The summed E-state index contributed by atoms with van der Waals surface area (Å²) in [6, 6.07) is 17.3. The third-order valence-electron chi connectivity index (χ3n) is 4.51. The number of benzene rings is 3. The molecule has 0 fully saturated rings. The minimum absolute atomic E-state index is 0.00856. The lowest BCUT2D eigenvalue weighted by Crippen LogP contribution is -2.37. The molecular weight excluding hydrogens is 495 g/mol. The van der Waals surface area contributed by atoms with Crippen molar-refractivity contribution in [3.8, 4) is 5.75 Å². The molecule has 32 heavy (non-hydrogen) atoms. The first-order valence-corrected chi connectivity index (χ1v) is 11.9. The van der Waals surface area contributed by atoms with E-state index in [1.807, 2.05) is 0 Å². The normalized spacial score (nSPS) is 11.4. The molecule has 0 heterocycles. The molecule has 0 spiro atoms. The minimum Gasteiger partial charge on any atom is -0.495 e. The first-order valence-electron chi connectivity index (χ1n) is 9.33. The summed E-state index contributed by atoms with van der Waals surface area (Å²) in [4.78, 5) is 12.8. The fourth-order valence-electron chi connectivity index (χ4n) is 2.90. The van der Waals surface area contributed by atoms with E-state index in [1.54, 1.807) is 36.4 Å². The molecule has 3 rings (SSSR count). The molecule has 0 aliphatic rings. The molecule has 10 heteroatoms. The molecule has 0 saturated carbocycles. The number of methoxy groups -OCH3 is 1. The molecule has 1 amide bonds. The molecule has 0 atom stereocenters. The molecule has 3 aromatic rings. The van der Waals surface area contributed by atoms with Crippen molar-refractivity contribution in [1.29, 1.82) is 0 Å². The monoisotopic (exact) mass is 512 g/mol. The van der Waals surface area contributed by atoms with Crippen LogP contribution in [0.25, 0.3) is 0 Å². The molecule has 0 bridgehead atoms. The Morgan fingerprint density at radius 3 is 2.28 bits per heavy atom. The Kier molecular flexibility index (Phi) is 8.03. The summed E-state index contributed by atoms with van der Waals surface area (Å²) in [7, 11) is -2.55. The highest BCUT2D eigenvalue weighted by molar-refractivity contribution is 7.89. The van der Waals surface area contributed by atoms with E-state index in [0.29, 0.717) is 32.1 Å². The molecular formula is C22H19Cl3N2O4S. The molecule has 0 aliphatic carbocycles. The zero-order chi connectivity index (χ0) is 23.3. The van der Waals surface area contributed by atoms with E-state index in [1.165, 1.54) is 37.4 Å². The zero-order valence-corrected chi connectivity index (χ0v) is 20.0. The van der Waals surface area contributed by atoms with Crippen LogP contribution in [-0.4, -0.2) is 32.3 Å². The van der Waals surface area contributed by atoms with Crippen molar-refractivity contribution >= 4 is 56.4 Å². The first kappa shape index (κ1) is 24.4. The van der Waals surface area contributed by atoms with Crippen LogP contribution in [0.1, 0.15) is 5.56 Å². The second-order valence-corrected chi connectivity index (χ2v) is 9.90. The molecule has 0 aromatic heterocycles. The van der Waals surface area contributed by atoms with Crippen LogP contribution in [0.2, 0.25) is 15.1 Å². The Labute approximate surface area is 201 Å². The van der Waals surface area contributed by atoms with Gasteiger partial charge >= 0.3 is 0 Å². The predicted molar refractivity (Wildman–Crippen MR) is 127 cm³/mol. The minimum atomic E-state index is -4.03. The van der Waals surface area contributed by atoms with Gasteiger partial charge < -0.3 is 10.1 Å². The number of rotatable bonds is 8. The van der Waals surface area contributed by atoms with E-state index in [4.69, 9.17) is 39.5 Å². The highest BCUT2D eigenvalue weighted by atomic mass is 35.5. The van der Waals surface area contributed by atoms with Crippen molar-refractivity contribution in [2.45, 2.75) is 11.4 Å². The lowest BCUT2D eigenvalue weighted by Gasteiger charge is -2.22. The number of halogens is 3. The molecule has 1 N–H and O–H groups in total. The fourth-order valence-corrected chi connectivity index (χ4v) is 4.86. The third-order valence-corrected chi connectivity index (χ3v) is 7.23. The molecule has 0 saturated heterocycles. The fraction of sp³-hybridized carbons (Fsp3) is 0.136. The van der Waals surface area contributed by atoms with Crippen molar-refractivity contribution in [1.82, 2.24) is 4.31 Å². The average molecular weight is 514 g/mol. The highest BCUT2D eigenvalue weighted by Gasteiger charge is 2.27. The van der Waals surface area contributed by atoms with E-state index >= 15 is 0 Å². The van der Waals surface area contributed by atoms with Gasteiger partial charge in [0.25, 0.3) is 0 Å². The molecule has 0 radical (unpaired) electrons. The molecule has 168 valence electrons. The Bertz CT molecular complexity index is 1220. The lowest BCUT2D eigenvalue weighted by atomic mass is 10.2. The Balaban J connectivity index is 1.88. The van der Waals surface area contributed by atoms with Gasteiger partial charge in [0, 0.05) is 22.3 Å². The van der Waals surface area contributed by atoms with Gasteiger partial charge in [-0.25, -0.2) is 8.42 Å². The molecule has 6 nitrogen and oxygen atoms in total. The summed E-state index contributed by atoms with van der Waals surface area (Å²) in [6.45, 7) is -0.540. The Morgan fingerprint density at radius 2 is 1.66 bits per heavy atom. The van der Waals surface area contributed by atoms with Gasteiger partial charge in [-0.1, -0.05) is 53.0 Å². The van der Waals surface area contributed by atoms with E-state index < -0.39 is 22.5 Å². The largest absolute Gasteiger partial charge is 0.495 e. The molecule has 0 unspecified atom stereocenters. The van der Waals surface area contributed by atoms with Gasteiger partial charge in [-0.2, -0.15) is 4.31 Å². The number of carbonyl (C=O) groups excluding carboxylic acids is 1. The number of anilines is 1. The topological polar surface area (TPSA) is 75.7 Å². The number of nitrogens with zero attached hydrogens (tertiary/aromatic N) is 1. The number of carbonyl (C=O) groups is 1. The van der Waals surface area contributed by atoms with Gasteiger partial charge in [0.15, 0.2) is 0 Å². The van der Waals surface area contributed by atoms with Crippen LogP contribution in [-0.2, 0) is 21.4 Å². The van der Waals surface area contributed by atoms with Crippen molar-refractivity contribution in [2.24, 2.45) is 0 Å². The van der Waals surface area contributed by atoms with Gasteiger partial charge in [0.2, 0.25) is 15.9 Å². The number of nitrogens with one attached hydrogen (secondary N) is 1. The van der Waals surface area contributed by atoms with E-state index in [2.05, 4.69) is 5.32 Å². The van der Waals surface area contributed by atoms with E-state index in [-0.39, 0.29) is 11.4 Å². The molecule has 3 aromatic carbocycles. The molecule has 0 aliphatic heterocycles. The summed E-state index contributed by atoms with van der Waals surface area (Å²) in [5.74, 6) is -0.0915. The summed E-state index contributed by atoms with van der Waals surface area (Å²) in [5.41, 5.74) is 0.967. The number of hydrogen-bond donors (Lipinski definition) is 1. The smallest absolute Gasteiger partial charge is 0.243 e. The number of amides is 1. The second-order valence-electron chi connectivity index (χ2n) is 6.72. The van der Waals surface area contributed by atoms with Crippen LogP contribution >= 0.6 is 34.8 Å². The van der Waals surface area contributed by atoms with Crippen LogP contribution in [0.5, 0.6) is 5.75 Å². The Morgan fingerprint density at radius 1 is 0.969 bits per heavy atom. The summed E-state index contributed by atoms with van der Waals surface area (Å²) in [6.07, 6.45) is 0. The van der Waals surface area contributed by atoms with Crippen LogP contribution in [0.3, 0.4) is 0 Å². The summed E-state index contributed by atoms with van der Waals surface area (Å²) < 4.78 is 32.8. The first-order chi connectivity index (χ1) is 15.2. The SMILES string of the molecule is COc1ccc(NC(=O)CN(Cc2ccccc2Cl)S(=O)(=O)c2ccc(Cl)cc2)cc1Cl. The van der Waals surface area contributed by atoms with Gasteiger partial charge in [-0.3, -0.25) is 4.79 Å². The lowest BCUT2D eigenvalue weighted by molar-refractivity contribution is -0.116. The summed E-state index contributed by atoms with van der Waals surface area (Å²) in [5, 5.41) is 3.76. The standard InChI is InChI=1S/C22H19Cl3N2O4S/c1-31-21-11-8-17(12-20(21)25)26-22(28)14-27(13-15-4-2-3-5-19(15)24)32(29,30)18-9-6-16(23)7-10-18/h2-12H,13-14H2,1H3,(H,26,28). The predicted octanol–water partition coefficient (Wildman–Crippen LogP) is 5.49. The maximum Gasteiger partial charge on any atom is 0.243 e.